The zero-order valence-corrected chi connectivity index (χ0v) is 19.0. The van der Waals surface area contributed by atoms with E-state index in [0.29, 0.717) is 23.8 Å². The lowest BCUT2D eigenvalue weighted by atomic mass is 10.1. The molecule has 0 aliphatic rings. The van der Waals surface area contributed by atoms with Crippen LogP contribution in [0.4, 0.5) is 9.52 Å². The number of thioether (sulfide) groups is 1. The zero-order valence-electron chi connectivity index (χ0n) is 17.3. The van der Waals surface area contributed by atoms with E-state index in [0.717, 1.165) is 31.8 Å². The average molecular weight is 452 g/mol. The van der Waals surface area contributed by atoms with E-state index in [-0.39, 0.29) is 11.7 Å². The van der Waals surface area contributed by atoms with E-state index in [2.05, 4.69) is 24.0 Å². The summed E-state index contributed by atoms with van der Waals surface area (Å²) >= 11 is 3.09. The summed E-state index contributed by atoms with van der Waals surface area (Å²) in [6.07, 6.45) is 3.85. The number of pyridine rings is 1. The van der Waals surface area contributed by atoms with Gasteiger partial charge in [-0.15, -0.1) is 11.8 Å². The molecule has 0 saturated heterocycles. The minimum atomic E-state index is -0.260. The molecule has 0 radical (unpaired) electrons. The molecule has 0 unspecified atom stereocenters. The first-order valence-corrected chi connectivity index (χ1v) is 11.8. The van der Waals surface area contributed by atoms with Crippen LogP contribution in [0.3, 0.4) is 0 Å². The molecule has 4 nitrogen and oxygen atoms in total. The van der Waals surface area contributed by atoms with E-state index in [9.17, 15) is 9.18 Å². The first kappa shape index (κ1) is 21.5. The molecular weight excluding hydrogens is 429 g/mol. The smallest absolute Gasteiger partial charge is 0.229 e. The number of thiazole rings is 1. The molecule has 0 atom stereocenters. The van der Waals surface area contributed by atoms with Crippen molar-refractivity contribution in [1.82, 2.24) is 9.97 Å². The van der Waals surface area contributed by atoms with Crippen molar-refractivity contribution in [3.8, 4) is 0 Å². The van der Waals surface area contributed by atoms with Gasteiger partial charge < -0.3 is 0 Å². The number of nitrogens with zero attached hydrogens (tertiary/aromatic N) is 3. The van der Waals surface area contributed by atoms with Gasteiger partial charge in [0, 0.05) is 29.5 Å². The maximum atomic E-state index is 13.2. The second-order valence-corrected chi connectivity index (χ2v) is 9.41. The monoisotopic (exact) mass is 451 g/mol. The predicted molar refractivity (Wildman–Crippen MR) is 126 cm³/mol. The number of fused-ring (bicyclic) bond motifs is 1. The van der Waals surface area contributed by atoms with Crippen molar-refractivity contribution >= 4 is 44.4 Å². The Hall–Kier alpha value is -2.77. The van der Waals surface area contributed by atoms with Crippen LogP contribution >= 0.6 is 23.1 Å². The Kier molecular flexibility index (Phi) is 6.63. The van der Waals surface area contributed by atoms with Crippen molar-refractivity contribution in [1.29, 1.82) is 0 Å². The molecule has 4 rings (SSSR count). The second-order valence-electron chi connectivity index (χ2n) is 7.27. The van der Waals surface area contributed by atoms with Crippen molar-refractivity contribution in [3.05, 3.63) is 83.4 Å². The van der Waals surface area contributed by atoms with Crippen LogP contribution in [0.5, 0.6) is 0 Å². The van der Waals surface area contributed by atoms with Crippen molar-refractivity contribution < 1.29 is 9.18 Å². The first-order valence-electron chi connectivity index (χ1n) is 9.95. The number of anilines is 1. The summed E-state index contributed by atoms with van der Waals surface area (Å²) in [6.45, 7) is 4.53. The highest BCUT2D eigenvalue weighted by Gasteiger charge is 2.21. The lowest BCUT2D eigenvalue weighted by molar-refractivity contribution is -0.118. The number of halogens is 1. The van der Waals surface area contributed by atoms with Gasteiger partial charge >= 0.3 is 0 Å². The summed E-state index contributed by atoms with van der Waals surface area (Å²) < 4.78 is 14.2. The number of aryl methyl sites for hydroxylation is 2. The Bertz CT molecular complexity index is 1150. The van der Waals surface area contributed by atoms with Gasteiger partial charge in [-0.05, 0) is 60.9 Å². The van der Waals surface area contributed by atoms with Gasteiger partial charge in [0.05, 0.1) is 16.8 Å². The maximum absolute atomic E-state index is 13.2. The van der Waals surface area contributed by atoms with E-state index in [1.54, 1.807) is 52.5 Å². The van der Waals surface area contributed by atoms with Crippen LogP contribution in [0.25, 0.3) is 10.2 Å². The molecule has 0 N–H and O–H groups in total. The molecule has 0 spiro atoms. The highest BCUT2D eigenvalue weighted by Crippen LogP contribution is 2.34. The molecule has 31 heavy (non-hydrogen) atoms. The van der Waals surface area contributed by atoms with Crippen LogP contribution in [-0.4, -0.2) is 21.6 Å². The largest absolute Gasteiger partial charge is 0.284 e. The second kappa shape index (κ2) is 9.58. The third-order valence-corrected chi connectivity index (χ3v) is 7.15. The van der Waals surface area contributed by atoms with Gasteiger partial charge in [-0.3, -0.25) is 14.7 Å². The minimum Gasteiger partial charge on any atom is -0.284 e. The standard InChI is InChI=1S/C24H22FN3OS2/c1-16-5-6-17(2)23-22(16)27-24(31-23)28(15-18-4-3-12-26-14-18)21(29)11-13-30-20-9-7-19(25)8-10-20/h3-10,12,14H,11,13,15H2,1-2H3. The average Bonchev–Trinajstić information content (AvgIpc) is 3.23. The van der Waals surface area contributed by atoms with Gasteiger partial charge in [0.25, 0.3) is 0 Å². The van der Waals surface area contributed by atoms with Gasteiger partial charge in [-0.1, -0.05) is 29.5 Å². The topological polar surface area (TPSA) is 46.1 Å². The molecule has 1 amide bonds. The van der Waals surface area contributed by atoms with Crippen LogP contribution in [0.15, 0.2) is 65.8 Å². The zero-order chi connectivity index (χ0) is 21.8. The van der Waals surface area contributed by atoms with Gasteiger partial charge in [-0.2, -0.15) is 0 Å². The Balaban J connectivity index is 1.56. The molecule has 4 aromatic rings. The Morgan fingerprint density at radius 2 is 1.87 bits per heavy atom. The van der Waals surface area contributed by atoms with Crippen molar-refractivity contribution in [3.63, 3.8) is 0 Å². The number of carbonyl (C=O) groups is 1. The molecule has 0 aliphatic heterocycles. The summed E-state index contributed by atoms with van der Waals surface area (Å²) in [5.74, 6) is 0.356. The Morgan fingerprint density at radius 1 is 1.10 bits per heavy atom. The van der Waals surface area contributed by atoms with Gasteiger partial charge in [-0.25, -0.2) is 9.37 Å². The maximum Gasteiger partial charge on any atom is 0.229 e. The van der Waals surface area contributed by atoms with Gasteiger partial charge in [0.1, 0.15) is 5.82 Å². The Morgan fingerprint density at radius 3 is 2.58 bits per heavy atom. The molecule has 0 aliphatic carbocycles. The summed E-state index contributed by atoms with van der Waals surface area (Å²) in [7, 11) is 0. The summed E-state index contributed by atoms with van der Waals surface area (Å²) in [6, 6.07) is 14.3. The molecule has 2 aromatic carbocycles. The molecule has 0 saturated carbocycles. The SMILES string of the molecule is Cc1ccc(C)c2sc(N(Cc3cccnc3)C(=O)CCSc3ccc(F)cc3)nc12. The van der Waals surface area contributed by atoms with E-state index in [1.807, 2.05) is 19.1 Å². The van der Waals surface area contributed by atoms with Gasteiger partial charge in [0.2, 0.25) is 5.91 Å². The quantitative estimate of drug-likeness (QED) is 0.316. The van der Waals surface area contributed by atoms with Crippen LogP contribution in [0.2, 0.25) is 0 Å². The molecule has 0 fully saturated rings. The normalized spacial score (nSPS) is 11.1. The highest BCUT2D eigenvalue weighted by molar-refractivity contribution is 7.99. The highest BCUT2D eigenvalue weighted by atomic mass is 32.2. The fourth-order valence-electron chi connectivity index (χ4n) is 3.22. The third kappa shape index (κ3) is 5.11. The summed E-state index contributed by atoms with van der Waals surface area (Å²) in [5.41, 5.74) is 4.16. The predicted octanol–water partition coefficient (Wildman–Crippen LogP) is 6.16. The number of rotatable bonds is 7. The number of carbonyl (C=O) groups excluding carboxylic acids is 1. The first-order chi connectivity index (χ1) is 15.0. The third-order valence-electron chi connectivity index (χ3n) is 4.92. The molecule has 2 aromatic heterocycles. The Labute approximate surface area is 189 Å². The van der Waals surface area contributed by atoms with E-state index in [4.69, 9.17) is 4.98 Å². The fourth-order valence-corrected chi connectivity index (χ4v) is 5.19. The molecule has 158 valence electrons. The van der Waals surface area contributed by atoms with Crippen LogP contribution in [0.1, 0.15) is 23.1 Å². The van der Waals surface area contributed by atoms with Crippen molar-refractivity contribution in [2.24, 2.45) is 0 Å². The van der Waals surface area contributed by atoms with Crippen LogP contribution in [-0.2, 0) is 11.3 Å². The van der Waals surface area contributed by atoms with E-state index in [1.165, 1.54) is 12.1 Å². The number of hydrogen-bond donors (Lipinski definition) is 0. The van der Waals surface area contributed by atoms with Crippen molar-refractivity contribution in [2.45, 2.75) is 31.7 Å². The minimum absolute atomic E-state index is 0.00725. The van der Waals surface area contributed by atoms with E-state index >= 15 is 0 Å². The van der Waals surface area contributed by atoms with E-state index < -0.39 is 0 Å². The van der Waals surface area contributed by atoms with Crippen molar-refractivity contribution in [2.75, 3.05) is 10.7 Å². The molecule has 0 bridgehead atoms. The number of amides is 1. The molecular formula is C24H22FN3OS2. The molecule has 2 heterocycles. The lowest BCUT2D eigenvalue weighted by Gasteiger charge is -2.20. The number of benzene rings is 2. The number of hydrogen-bond acceptors (Lipinski definition) is 5. The summed E-state index contributed by atoms with van der Waals surface area (Å²) in [5, 5.41) is 0.702. The lowest BCUT2D eigenvalue weighted by Crippen LogP contribution is -2.30. The molecule has 7 heteroatoms. The fraction of sp³-hybridized carbons (Fsp3) is 0.208. The van der Waals surface area contributed by atoms with Crippen LogP contribution < -0.4 is 4.90 Å². The van der Waals surface area contributed by atoms with Crippen LogP contribution in [0, 0.1) is 19.7 Å². The van der Waals surface area contributed by atoms with Gasteiger partial charge in [0.15, 0.2) is 5.13 Å². The summed E-state index contributed by atoms with van der Waals surface area (Å²) in [4.78, 5) is 24.9. The number of aromatic nitrogens is 2.